The number of aliphatic hydroxyl groups is 1. The zero-order valence-corrected chi connectivity index (χ0v) is 23.2. The predicted molar refractivity (Wildman–Crippen MR) is 121 cm³/mol. The third-order valence-corrected chi connectivity index (χ3v) is 4.20. The molecule has 0 unspecified atom stereocenters. The van der Waals surface area contributed by atoms with Gasteiger partial charge in [0.25, 0.3) is 0 Å². The van der Waals surface area contributed by atoms with Crippen LogP contribution in [0.15, 0.2) is 45.6 Å². The molecule has 8 nitrogen and oxygen atoms in total. The monoisotopic (exact) mass is 592 g/mol. The van der Waals surface area contributed by atoms with Crippen molar-refractivity contribution in [1.82, 2.24) is 9.97 Å². The van der Waals surface area contributed by atoms with E-state index >= 15 is 0 Å². The first-order valence-electron chi connectivity index (χ1n) is 9.55. The topological polar surface area (TPSA) is 92.2 Å². The van der Waals surface area contributed by atoms with Crippen molar-refractivity contribution < 1.29 is 64.2 Å². The minimum Gasteiger partial charge on any atom is -1.00 e. The Kier molecular flexibility index (Phi) is 22.4. The molecule has 0 fully saturated rings. The van der Waals surface area contributed by atoms with Crippen LogP contribution in [0.3, 0.4) is 0 Å². The zero-order valence-electron chi connectivity index (χ0n) is 19.1. The van der Waals surface area contributed by atoms with Crippen molar-refractivity contribution in [3.63, 3.8) is 0 Å². The summed E-state index contributed by atoms with van der Waals surface area (Å²) in [6.45, 7) is 4.34. The van der Waals surface area contributed by atoms with Crippen molar-refractivity contribution in [2.24, 2.45) is 0 Å². The summed E-state index contributed by atoms with van der Waals surface area (Å²) in [7, 11) is 0. The Morgan fingerprint density at radius 2 is 1.22 bits per heavy atom. The largest absolute Gasteiger partial charge is 1.00 e. The van der Waals surface area contributed by atoms with Gasteiger partial charge in [-0.2, -0.15) is 4.39 Å². The third-order valence-electron chi connectivity index (χ3n) is 3.21. The molecule has 0 aliphatic carbocycles. The molecule has 2 rings (SSSR count). The number of rotatable bonds is 15. The van der Waals surface area contributed by atoms with E-state index in [4.69, 9.17) is 28.8 Å². The van der Waals surface area contributed by atoms with Gasteiger partial charge in [-0.3, -0.25) is 0 Å². The number of pyridine rings is 2. The maximum Gasteiger partial charge on any atom is 1.00 e. The van der Waals surface area contributed by atoms with E-state index in [-0.39, 0.29) is 37.6 Å². The molecule has 32 heavy (non-hydrogen) atoms. The van der Waals surface area contributed by atoms with Crippen molar-refractivity contribution in [3.05, 3.63) is 51.6 Å². The number of hydrogen-bond donors (Lipinski definition) is 1. The van der Waals surface area contributed by atoms with E-state index in [9.17, 15) is 4.39 Å². The van der Waals surface area contributed by atoms with Gasteiger partial charge in [0.05, 0.1) is 59.5 Å². The normalized spacial score (nSPS) is 10.1. The summed E-state index contributed by atoms with van der Waals surface area (Å²) in [5, 5.41) is 8.50. The van der Waals surface area contributed by atoms with Crippen LogP contribution in [0.1, 0.15) is 1.43 Å². The van der Waals surface area contributed by atoms with Gasteiger partial charge in [-0.15, -0.1) is 0 Å². The Hall–Kier alpha value is -0.210. The second-order valence-corrected chi connectivity index (χ2v) is 7.46. The molecular formula is C20H28Br2FN2NaO6. The van der Waals surface area contributed by atoms with Crippen molar-refractivity contribution in [2.75, 3.05) is 66.1 Å². The number of hydrogen-bond acceptors (Lipinski definition) is 8. The first kappa shape index (κ1) is 31.8. The van der Waals surface area contributed by atoms with Gasteiger partial charge in [0.1, 0.15) is 6.61 Å². The molecule has 0 bridgehead atoms. The van der Waals surface area contributed by atoms with Crippen LogP contribution in [0.5, 0.6) is 5.88 Å². The van der Waals surface area contributed by atoms with Crippen LogP contribution in [0.2, 0.25) is 0 Å². The first-order valence-corrected chi connectivity index (χ1v) is 11.1. The van der Waals surface area contributed by atoms with E-state index in [1.165, 1.54) is 12.3 Å². The number of halogens is 3. The van der Waals surface area contributed by atoms with Gasteiger partial charge >= 0.3 is 29.6 Å². The fourth-order valence-electron chi connectivity index (χ4n) is 1.87. The molecule has 0 aliphatic heterocycles. The van der Waals surface area contributed by atoms with Crippen LogP contribution in [0.4, 0.5) is 4.39 Å². The predicted octanol–water partition coefficient (Wildman–Crippen LogP) is 0.381. The first-order chi connectivity index (χ1) is 15.1. The Balaban J connectivity index is 0. The van der Waals surface area contributed by atoms with Crippen molar-refractivity contribution in [1.29, 1.82) is 0 Å². The molecule has 2 heterocycles. The Bertz CT molecular complexity index is 698. The summed E-state index contributed by atoms with van der Waals surface area (Å²) >= 11 is 6.43. The molecule has 1 N–H and O–H groups in total. The molecule has 0 radical (unpaired) electrons. The summed E-state index contributed by atoms with van der Waals surface area (Å²) in [6.07, 6.45) is 3.08. The van der Waals surface area contributed by atoms with E-state index in [0.717, 1.165) is 4.47 Å². The van der Waals surface area contributed by atoms with Gasteiger partial charge in [-0.1, -0.05) is 31.9 Å². The molecule has 2 aromatic rings. The van der Waals surface area contributed by atoms with Crippen LogP contribution >= 0.6 is 31.9 Å². The summed E-state index contributed by atoms with van der Waals surface area (Å²) in [5.74, 6) is 0.110. The van der Waals surface area contributed by atoms with E-state index in [0.29, 0.717) is 69.8 Å². The minimum atomic E-state index is -0.459. The summed E-state index contributed by atoms with van der Waals surface area (Å²) in [5.41, 5.74) is 0. The van der Waals surface area contributed by atoms with Crippen LogP contribution in [-0.4, -0.2) is 81.1 Å². The Morgan fingerprint density at radius 3 is 1.66 bits per heavy atom. The molecule has 0 aromatic carbocycles. The SMILES string of the molecule is Fc1cc(Br)ccn1.OCCOCCOCCOCCOCCOc1cc(Br)ccn1.[H-].[Na+]. The Labute approximate surface area is 228 Å². The van der Waals surface area contributed by atoms with Gasteiger partial charge in [0.2, 0.25) is 11.8 Å². The summed E-state index contributed by atoms with van der Waals surface area (Å²) < 4.78 is 40.2. The van der Waals surface area contributed by atoms with E-state index in [1.807, 2.05) is 6.07 Å². The van der Waals surface area contributed by atoms with Crippen LogP contribution in [0, 0.1) is 5.95 Å². The standard InChI is InChI=1S/C15H24BrNO6.C5H3BrFN.Na.H/c16-14-1-2-17-15(13-14)23-12-11-22-10-9-21-8-7-20-6-5-19-4-3-18;6-4-1-2-8-5(7)3-4;;/h1-2,13,18H,3-12H2;1-3H;;/q;;+1;-1. The molecule has 0 saturated heterocycles. The van der Waals surface area contributed by atoms with Gasteiger partial charge in [-0.05, 0) is 12.1 Å². The van der Waals surface area contributed by atoms with E-state index < -0.39 is 5.95 Å². The van der Waals surface area contributed by atoms with Gasteiger partial charge in [0, 0.05) is 33.5 Å². The van der Waals surface area contributed by atoms with Crippen LogP contribution in [0.25, 0.3) is 0 Å². The number of aliphatic hydroxyl groups excluding tert-OH is 1. The van der Waals surface area contributed by atoms with Crippen molar-refractivity contribution >= 4 is 31.9 Å². The average Bonchev–Trinajstić information content (AvgIpc) is 2.74. The molecule has 0 amide bonds. The second-order valence-electron chi connectivity index (χ2n) is 5.63. The molecule has 0 atom stereocenters. The van der Waals surface area contributed by atoms with Gasteiger partial charge in [-0.25, -0.2) is 9.97 Å². The smallest absolute Gasteiger partial charge is 1.00 e. The fraction of sp³-hybridized carbons (Fsp3) is 0.500. The molecule has 0 spiro atoms. The molecule has 0 saturated carbocycles. The molecule has 0 aliphatic rings. The maximum absolute atomic E-state index is 12.0. The number of nitrogens with zero attached hydrogens (tertiary/aromatic N) is 2. The number of aromatic nitrogens is 2. The third kappa shape index (κ3) is 19.3. The average molecular weight is 594 g/mol. The minimum absolute atomic E-state index is 0. The van der Waals surface area contributed by atoms with Crippen molar-refractivity contribution in [3.8, 4) is 5.88 Å². The van der Waals surface area contributed by atoms with Crippen molar-refractivity contribution in [2.45, 2.75) is 0 Å². The Morgan fingerprint density at radius 1 is 0.750 bits per heavy atom. The van der Waals surface area contributed by atoms with E-state index in [2.05, 4.69) is 41.8 Å². The van der Waals surface area contributed by atoms with E-state index in [1.54, 1.807) is 18.3 Å². The molecular weight excluding hydrogens is 566 g/mol. The zero-order chi connectivity index (χ0) is 22.6. The fourth-order valence-corrected chi connectivity index (χ4v) is 2.50. The van der Waals surface area contributed by atoms with Crippen LogP contribution < -0.4 is 34.3 Å². The second kappa shape index (κ2) is 22.6. The quantitative estimate of drug-likeness (QED) is 0.180. The molecule has 2 aromatic heterocycles. The summed E-state index contributed by atoms with van der Waals surface area (Å²) in [6, 6.07) is 6.62. The number of ether oxygens (including phenoxy) is 5. The maximum atomic E-state index is 12.0. The molecule has 176 valence electrons. The van der Waals surface area contributed by atoms with Crippen LogP contribution in [-0.2, 0) is 18.9 Å². The summed E-state index contributed by atoms with van der Waals surface area (Å²) in [4.78, 5) is 7.41. The molecule has 12 heteroatoms. The van der Waals surface area contributed by atoms with Gasteiger partial charge in [0.15, 0.2) is 0 Å². The van der Waals surface area contributed by atoms with Gasteiger partial charge < -0.3 is 30.2 Å².